The minimum Gasteiger partial charge on any atom is -0.317 e. The Kier molecular flexibility index (Phi) is 6.77. The number of carbonyl (C=O) groups excluding carboxylic acids is 2. The Hall–Kier alpha value is -2.93. The fourth-order valence-electron chi connectivity index (χ4n) is 6.48. The number of pyridine rings is 1. The minimum absolute atomic E-state index is 0.0197. The molecule has 0 bridgehead atoms. The fourth-order valence-corrected chi connectivity index (χ4v) is 6.48. The fraction of sp³-hybridized carbons (Fsp3) is 0.552. The number of amides is 3. The van der Waals surface area contributed by atoms with Gasteiger partial charge in [-0.25, -0.2) is 9.78 Å². The van der Waals surface area contributed by atoms with E-state index in [4.69, 9.17) is 0 Å². The first-order valence-electron chi connectivity index (χ1n) is 13.3. The molecule has 2 aromatic rings. The van der Waals surface area contributed by atoms with Crippen LogP contribution in [0.4, 0.5) is 10.6 Å². The summed E-state index contributed by atoms with van der Waals surface area (Å²) in [5.41, 5.74) is 1.96. The number of nitrogens with one attached hydrogen (secondary N) is 1. The molecule has 36 heavy (non-hydrogen) atoms. The van der Waals surface area contributed by atoms with Crippen molar-refractivity contribution in [2.24, 2.45) is 5.92 Å². The van der Waals surface area contributed by atoms with Gasteiger partial charge in [0.15, 0.2) is 0 Å². The van der Waals surface area contributed by atoms with Crippen LogP contribution in [0.25, 0.3) is 0 Å². The third-order valence-corrected chi connectivity index (χ3v) is 8.89. The third kappa shape index (κ3) is 4.61. The molecule has 1 aromatic carbocycles. The minimum atomic E-state index is -0.206. The van der Waals surface area contributed by atoms with Gasteiger partial charge in [-0.2, -0.15) is 0 Å². The van der Waals surface area contributed by atoms with E-state index in [0.29, 0.717) is 18.3 Å². The quantitative estimate of drug-likeness (QED) is 0.615. The molecular weight excluding hydrogens is 450 g/mol. The van der Waals surface area contributed by atoms with Gasteiger partial charge < -0.3 is 15.1 Å². The summed E-state index contributed by atoms with van der Waals surface area (Å²) in [6.45, 7) is 3.39. The molecular formula is C29H39N5O2. The first kappa shape index (κ1) is 24.8. The highest BCUT2D eigenvalue weighted by Gasteiger charge is 2.55. The molecule has 0 atom stereocenters. The van der Waals surface area contributed by atoms with Crippen molar-refractivity contribution in [2.75, 3.05) is 39.0 Å². The number of hydrogen-bond donors (Lipinski definition) is 1. The van der Waals surface area contributed by atoms with E-state index in [1.807, 2.05) is 19.1 Å². The number of rotatable bonds is 7. The maximum absolute atomic E-state index is 13.7. The zero-order chi connectivity index (χ0) is 25.3. The molecule has 192 valence electrons. The van der Waals surface area contributed by atoms with Crippen LogP contribution >= 0.6 is 0 Å². The van der Waals surface area contributed by atoms with Crippen LogP contribution in [0, 0.1) is 12.8 Å². The molecule has 1 saturated heterocycles. The van der Waals surface area contributed by atoms with Crippen LogP contribution in [0.3, 0.4) is 0 Å². The molecule has 2 aliphatic carbocycles. The van der Waals surface area contributed by atoms with Crippen molar-refractivity contribution in [3.05, 3.63) is 59.8 Å². The van der Waals surface area contributed by atoms with E-state index in [1.54, 1.807) is 11.0 Å². The standard InChI is InChI=1S/C29H39N5O2/c1-22-9-7-14-25(30-22)31-26(35)20-33-21-28(34(27(33)36)19-23-10-8-11-23)15-17-29(18-16-28,32(2)3)24-12-5-4-6-13-24/h4-7,9,12-14,23H,8,10-11,15-21H2,1-3H3,(H,30,31,35). The van der Waals surface area contributed by atoms with Crippen LogP contribution < -0.4 is 5.32 Å². The number of benzene rings is 1. The highest BCUT2D eigenvalue weighted by atomic mass is 16.2. The second-order valence-corrected chi connectivity index (χ2v) is 11.3. The van der Waals surface area contributed by atoms with Gasteiger partial charge in [0.25, 0.3) is 0 Å². The van der Waals surface area contributed by atoms with Gasteiger partial charge >= 0.3 is 6.03 Å². The molecule has 5 rings (SSSR count). The van der Waals surface area contributed by atoms with E-state index >= 15 is 0 Å². The van der Waals surface area contributed by atoms with Crippen molar-refractivity contribution in [1.29, 1.82) is 0 Å². The molecule has 1 N–H and O–H groups in total. The maximum Gasteiger partial charge on any atom is 0.321 e. The zero-order valence-electron chi connectivity index (χ0n) is 21.9. The summed E-state index contributed by atoms with van der Waals surface area (Å²) in [5, 5.41) is 2.88. The third-order valence-electron chi connectivity index (χ3n) is 8.89. The highest BCUT2D eigenvalue weighted by molar-refractivity contribution is 5.94. The van der Waals surface area contributed by atoms with Crippen molar-refractivity contribution in [2.45, 2.75) is 62.9 Å². The van der Waals surface area contributed by atoms with Gasteiger partial charge in [-0.05, 0) is 83.2 Å². The van der Waals surface area contributed by atoms with Crippen LogP contribution in [0.5, 0.6) is 0 Å². The lowest BCUT2D eigenvalue weighted by Gasteiger charge is -2.51. The number of nitrogens with zero attached hydrogens (tertiary/aromatic N) is 4. The SMILES string of the molecule is Cc1cccc(NC(=O)CN2CC3(CCC(c4ccccc4)(N(C)C)CC3)N(CC3CCC3)C2=O)n1. The van der Waals surface area contributed by atoms with Gasteiger partial charge in [0.2, 0.25) is 5.91 Å². The van der Waals surface area contributed by atoms with Crippen molar-refractivity contribution in [3.8, 4) is 0 Å². The molecule has 3 aliphatic rings. The molecule has 3 fully saturated rings. The zero-order valence-corrected chi connectivity index (χ0v) is 21.9. The van der Waals surface area contributed by atoms with E-state index in [1.165, 1.54) is 24.8 Å². The van der Waals surface area contributed by atoms with Crippen molar-refractivity contribution < 1.29 is 9.59 Å². The first-order valence-corrected chi connectivity index (χ1v) is 13.3. The summed E-state index contributed by atoms with van der Waals surface area (Å²) in [4.78, 5) is 37.3. The molecule has 2 heterocycles. The van der Waals surface area contributed by atoms with Crippen molar-refractivity contribution in [1.82, 2.24) is 19.7 Å². The van der Waals surface area contributed by atoms with Gasteiger partial charge in [-0.3, -0.25) is 9.69 Å². The average Bonchev–Trinajstić information content (AvgIpc) is 3.07. The Bertz CT molecular complexity index is 1090. The number of urea groups is 1. The van der Waals surface area contributed by atoms with Gasteiger partial charge in [0.05, 0.1) is 5.54 Å². The first-order chi connectivity index (χ1) is 17.3. The van der Waals surface area contributed by atoms with Crippen LogP contribution in [-0.2, 0) is 10.3 Å². The lowest BCUT2D eigenvalue weighted by Crippen LogP contribution is -2.56. The molecule has 3 amide bonds. The molecule has 1 aromatic heterocycles. The lowest BCUT2D eigenvalue weighted by atomic mass is 9.68. The summed E-state index contributed by atoms with van der Waals surface area (Å²) >= 11 is 0. The average molecular weight is 490 g/mol. The topological polar surface area (TPSA) is 68.8 Å². The highest BCUT2D eigenvalue weighted by Crippen LogP contribution is 2.49. The monoisotopic (exact) mass is 489 g/mol. The molecule has 2 saturated carbocycles. The Morgan fingerprint density at radius 3 is 2.39 bits per heavy atom. The normalized spacial score (nSPS) is 26.5. The van der Waals surface area contributed by atoms with E-state index in [-0.39, 0.29) is 29.6 Å². The summed E-state index contributed by atoms with van der Waals surface area (Å²) in [5.74, 6) is 0.930. The Morgan fingerprint density at radius 1 is 1.06 bits per heavy atom. The van der Waals surface area contributed by atoms with Gasteiger partial charge in [0.1, 0.15) is 12.4 Å². The predicted octanol–water partition coefficient (Wildman–Crippen LogP) is 4.64. The number of aromatic nitrogens is 1. The molecule has 0 radical (unpaired) electrons. The lowest BCUT2D eigenvalue weighted by molar-refractivity contribution is -0.116. The summed E-state index contributed by atoms with van der Waals surface area (Å²) in [7, 11) is 4.35. The molecule has 7 nitrogen and oxygen atoms in total. The number of anilines is 1. The summed E-state index contributed by atoms with van der Waals surface area (Å²) in [6, 6.07) is 16.4. The van der Waals surface area contributed by atoms with Crippen molar-refractivity contribution >= 4 is 17.8 Å². The van der Waals surface area contributed by atoms with E-state index in [9.17, 15) is 9.59 Å². The van der Waals surface area contributed by atoms with Crippen LogP contribution in [0.1, 0.15) is 56.2 Å². The summed E-state index contributed by atoms with van der Waals surface area (Å²) < 4.78 is 0. The number of hydrogen-bond acceptors (Lipinski definition) is 4. The molecule has 0 unspecified atom stereocenters. The Morgan fingerprint density at radius 2 is 1.78 bits per heavy atom. The number of aryl methyl sites for hydroxylation is 1. The molecule has 1 spiro atoms. The van der Waals surface area contributed by atoms with Gasteiger partial charge in [-0.1, -0.05) is 42.8 Å². The predicted molar refractivity (Wildman–Crippen MR) is 142 cm³/mol. The van der Waals surface area contributed by atoms with Crippen molar-refractivity contribution in [3.63, 3.8) is 0 Å². The Labute approximate surface area is 214 Å². The number of carbonyl (C=O) groups is 2. The van der Waals surface area contributed by atoms with Gasteiger partial charge in [0, 0.05) is 24.3 Å². The Balaban J connectivity index is 1.34. The molecule has 1 aliphatic heterocycles. The van der Waals surface area contributed by atoms with Crippen LogP contribution in [0.2, 0.25) is 0 Å². The maximum atomic E-state index is 13.7. The van der Waals surface area contributed by atoms with E-state index < -0.39 is 0 Å². The summed E-state index contributed by atoms with van der Waals surface area (Å²) in [6.07, 6.45) is 7.52. The second kappa shape index (κ2) is 9.85. The van der Waals surface area contributed by atoms with E-state index in [0.717, 1.165) is 37.9 Å². The van der Waals surface area contributed by atoms with Gasteiger partial charge in [-0.15, -0.1) is 0 Å². The smallest absolute Gasteiger partial charge is 0.317 e. The largest absolute Gasteiger partial charge is 0.321 e. The van der Waals surface area contributed by atoms with Crippen LogP contribution in [0.15, 0.2) is 48.5 Å². The molecule has 7 heteroatoms. The second-order valence-electron chi connectivity index (χ2n) is 11.3. The van der Waals surface area contributed by atoms with E-state index in [2.05, 4.69) is 64.5 Å². The van der Waals surface area contributed by atoms with Crippen LogP contribution in [-0.4, -0.2) is 70.9 Å².